The Labute approximate surface area is 126 Å². The highest BCUT2D eigenvalue weighted by Gasteiger charge is 2.25. The summed E-state index contributed by atoms with van der Waals surface area (Å²) in [5.74, 6) is 0.494. The number of amides is 2. The molecule has 6 nitrogen and oxygen atoms in total. The number of nitrogens with one attached hydrogen (secondary N) is 1. The van der Waals surface area contributed by atoms with Gasteiger partial charge in [0.25, 0.3) is 0 Å². The van der Waals surface area contributed by atoms with E-state index in [1.54, 1.807) is 0 Å². The maximum absolute atomic E-state index is 12.2. The topological polar surface area (TPSA) is 70.4 Å². The number of carbonyl (C=O) groups excluding carboxylic acids is 1. The lowest BCUT2D eigenvalue weighted by atomic mass is 9.93. The molecular formula is C15H26N4O2. The van der Waals surface area contributed by atoms with E-state index in [0.717, 1.165) is 38.8 Å². The van der Waals surface area contributed by atoms with Crippen LogP contribution in [0.4, 0.5) is 4.79 Å². The first-order valence-corrected chi connectivity index (χ1v) is 7.76. The van der Waals surface area contributed by atoms with Crippen molar-refractivity contribution in [3.05, 3.63) is 18.0 Å². The van der Waals surface area contributed by atoms with Crippen molar-refractivity contribution in [2.45, 2.75) is 44.6 Å². The highest BCUT2D eigenvalue weighted by atomic mass is 16.3. The molecule has 2 rings (SSSR count). The maximum Gasteiger partial charge on any atom is 0.317 e. The number of rotatable bonds is 5. The molecule has 0 aromatic carbocycles. The van der Waals surface area contributed by atoms with Crippen LogP contribution in [-0.2, 0) is 7.05 Å². The van der Waals surface area contributed by atoms with E-state index < -0.39 is 0 Å². The van der Waals surface area contributed by atoms with Crippen molar-refractivity contribution < 1.29 is 9.90 Å². The summed E-state index contributed by atoms with van der Waals surface area (Å²) >= 11 is 0. The van der Waals surface area contributed by atoms with Gasteiger partial charge in [-0.3, -0.25) is 4.68 Å². The Bertz CT molecular complexity index is 452. The lowest BCUT2D eigenvalue weighted by molar-refractivity contribution is 0.176. The molecule has 2 heterocycles. The van der Waals surface area contributed by atoms with Crippen molar-refractivity contribution >= 4 is 6.03 Å². The van der Waals surface area contributed by atoms with Crippen LogP contribution in [-0.4, -0.2) is 51.6 Å². The number of hydrogen-bond donors (Lipinski definition) is 2. The molecule has 118 valence electrons. The predicted molar refractivity (Wildman–Crippen MR) is 81.1 cm³/mol. The molecule has 0 bridgehead atoms. The van der Waals surface area contributed by atoms with Gasteiger partial charge in [-0.2, -0.15) is 5.10 Å². The fraction of sp³-hybridized carbons (Fsp3) is 0.733. The lowest BCUT2D eigenvalue weighted by Crippen LogP contribution is -2.47. The molecule has 0 saturated carbocycles. The smallest absolute Gasteiger partial charge is 0.317 e. The standard InChI is InChI=1S/C15H26N4O2/c1-12(4-3-11-20)17-15(21)19-9-6-13(7-10-19)14-5-8-16-18(14)2/h5,8,12-13,20H,3-4,6-7,9-11H2,1-2H3,(H,17,21). The summed E-state index contributed by atoms with van der Waals surface area (Å²) in [5.41, 5.74) is 1.26. The van der Waals surface area contributed by atoms with Crippen LogP contribution in [0.3, 0.4) is 0 Å². The number of piperidine rings is 1. The molecule has 21 heavy (non-hydrogen) atoms. The van der Waals surface area contributed by atoms with Gasteiger partial charge in [0.1, 0.15) is 0 Å². The molecule has 1 aromatic heterocycles. The van der Waals surface area contributed by atoms with E-state index >= 15 is 0 Å². The van der Waals surface area contributed by atoms with Gasteiger partial charge in [-0.05, 0) is 38.7 Å². The van der Waals surface area contributed by atoms with Gasteiger partial charge in [-0.25, -0.2) is 4.79 Å². The third-order valence-electron chi connectivity index (χ3n) is 4.22. The molecule has 6 heteroatoms. The van der Waals surface area contributed by atoms with Gasteiger partial charge in [0, 0.05) is 50.6 Å². The first-order chi connectivity index (χ1) is 10.1. The Morgan fingerprint density at radius 1 is 1.52 bits per heavy atom. The van der Waals surface area contributed by atoms with Crippen molar-refractivity contribution in [3.8, 4) is 0 Å². The van der Waals surface area contributed by atoms with Crippen molar-refractivity contribution in [1.29, 1.82) is 0 Å². The fourth-order valence-corrected chi connectivity index (χ4v) is 2.93. The van der Waals surface area contributed by atoms with Crippen molar-refractivity contribution in [1.82, 2.24) is 20.0 Å². The lowest BCUT2D eigenvalue weighted by Gasteiger charge is -2.32. The van der Waals surface area contributed by atoms with Gasteiger partial charge < -0.3 is 15.3 Å². The summed E-state index contributed by atoms with van der Waals surface area (Å²) in [7, 11) is 1.97. The normalized spacial score (nSPS) is 17.8. The van der Waals surface area contributed by atoms with Crippen LogP contribution in [0.15, 0.2) is 12.3 Å². The number of aromatic nitrogens is 2. The molecule has 1 unspecified atom stereocenters. The Kier molecular flexibility index (Phi) is 5.61. The van der Waals surface area contributed by atoms with Crippen molar-refractivity contribution in [3.63, 3.8) is 0 Å². The number of aliphatic hydroxyl groups excluding tert-OH is 1. The second-order valence-electron chi connectivity index (χ2n) is 5.86. The molecule has 1 aromatic rings. The largest absolute Gasteiger partial charge is 0.396 e. The van der Waals surface area contributed by atoms with Gasteiger partial charge >= 0.3 is 6.03 Å². The van der Waals surface area contributed by atoms with E-state index in [1.807, 2.05) is 29.7 Å². The van der Waals surface area contributed by atoms with E-state index in [1.165, 1.54) is 5.69 Å². The summed E-state index contributed by atoms with van der Waals surface area (Å²) in [6.07, 6.45) is 5.34. The summed E-state index contributed by atoms with van der Waals surface area (Å²) in [6.45, 7) is 3.73. The number of urea groups is 1. The Hall–Kier alpha value is -1.56. The Balaban J connectivity index is 1.78. The fourth-order valence-electron chi connectivity index (χ4n) is 2.93. The zero-order valence-electron chi connectivity index (χ0n) is 13.0. The summed E-state index contributed by atoms with van der Waals surface area (Å²) in [5, 5.41) is 16.0. The van der Waals surface area contributed by atoms with Crippen LogP contribution in [0.1, 0.15) is 44.2 Å². The summed E-state index contributed by atoms with van der Waals surface area (Å²) < 4.78 is 1.93. The molecule has 1 saturated heterocycles. The van der Waals surface area contributed by atoms with E-state index in [-0.39, 0.29) is 18.7 Å². The molecule has 0 radical (unpaired) electrons. The van der Waals surface area contributed by atoms with Gasteiger partial charge in [-0.15, -0.1) is 0 Å². The first kappa shape index (κ1) is 15.8. The van der Waals surface area contributed by atoms with Gasteiger partial charge in [0.05, 0.1) is 0 Å². The van der Waals surface area contributed by atoms with Crippen molar-refractivity contribution in [2.24, 2.45) is 7.05 Å². The average Bonchev–Trinajstić information content (AvgIpc) is 2.91. The molecule has 1 aliphatic heterocycles. The number of aliphatic hydroxyl groups is 1. The Morgan fingerprint density at radius 3 is 2.81 bits per heavy atom. The zero-order valence-corrected chi connectivity index (χ0v) is 13.0. The zero-order chi connectivity index (χ0) is 15.2. The molecule has 2 amide bonds. The van der Waals surface area contributed by atoms with Gasteiger partial charge in [-0.1, -0.05) is 0 Å². The molecule has 2 N–H and O–H groups in total. The number of hydrogen-bond acceptors (Lipinski definition) is 3. The van der Waals surface area contributed by atoms with Crippen LogP contribution >= 0.6 is 0 Å². The molecular weight excluding hydrogens is 268 g/mol. The molecule has 1 aliphatic rings. The maximum atomic E-state index is 12.2. The highest BCUT2D eigenvalue weighted by molar-refractivity contribution is 5.74. The minimum Gasteiger partial charge on any atom is -0.396 e. The van der Waals surface area contributed by atoms with Crippen LogP contribution in [0.25, 0.3) is 0 Å². The Morgan fingerprint density at radius 2 is 2.24 bits per heavy atom. The quantitative estimate of drug-likeness (QED) is 0.864. The van der Waals surface area contributed by atoms with Gasteiger partial charge in [0.15, 0.2) is 0 Å². The van der Waals surface area contributed by atoms with Crippen LogP contribution in [0.5, 0.6) is 0 Å². The van der Waals surface area contributed by atoms with Crippen LogP contribution in [0.2, 0.25) is 0 Å². The molecule has 0 spiro atoms. The summed E-state index contributed by atoms with van der Waals surface area (Å²) in [4.78, 5) is 14.1. The average molecular weight is 294 g/mol. The predicted octanol–water partition coefficient (Wildman–Crippen LogP) is 1.47. The number of aryl methyl sites for hydroxylation is 1. The monoisotopic (exact) mass is 294 g/mol. The minimum absolute atomic E-state index is 0.0175. The molecule has 0 aliphatic carbocycles. The van der Waals surface area contributed by atoms with Crippen molar-refractivity contribution in [2.75, 3.05) is 19.7 Å². The van der Waals surface area contributed by atoms with Gasteiger partial charge in [0.2, 0.25) is 0 Å². The second kappa shape index (κ2) is 7.45. The van der Waals surface area contributed by atoms with E-state index in [9.17, 15) is 4.79 Å². The van der Waals surface area contributed by atoms with E-state index in [2.05, 4.69) is 16.5 Å². The SMILES string of the molecule is CC(CCCO)NC(=O)N1CCC(c2ccnn2C)CC1. The first-order valence-electron chi connectivity index (χ1n) is 7.76. The number of nitrogens with zero attached hydrogens (tertiary/aromatic N) is 3. The summed E-state index contributed by atoms with van der Waals surface area (Å²) in [6, 6.07) is 2.19. The van der Waals surface area contributed by atoms with E-state index in [0.29, 0.717) is 5.92 Å². The van der Waals surface area contributed by atoms with Crippen LogP contribution < -0.4 is 5.32 Å². The van der Waals surface area contributed by atoms with Crippen LogP contribution in [0, 0.1) is 0 Å². The highest BCUT2D eigenvalue weighted by Crippen LogP contribution is 2.27. The third kappa shape index (κ3) is 4.20. The molecule has 1 atom stereocenters. The minimum atomic E-state index is 0.0175. The number of carbonyl (C=O) groups is 1. The molecule has 1 fully saturated rings. The second-order valence-corrected chi connectivity index (χ2v) is 5.86. The van der Waals surface area contributed by atoms with E-state index in [4.69, 9.17) is 5.11 Å². The third-order valence-corrected chi connectivity index (χ3v) is 4.22. The number of likely N-dealkylation sites (tertiary alicyclic amines) is 1.